The Hall–Kier alpha value is -2.83. The van der Waals surface area contributed by atoms with Gasteiger partial charge in [-0.3, -0.25) is 4.68 Å². The van der Waals surface area contributed by atoms with Crippen LogP contribution < -0.4 is 11.5 Å². The quantitative estimate of drug-likeness (QED) is 0.341. The molecular formula is C23H26Cl2N6. The molecule has 2 aromatic carbocycles. The van der Waals surface area contributed by atoms with Gasteiger partial charge in [-0.2, -0.15) is 10.2 Å². The summed E-state index contributed by atoms with van der Waals surface area (Å²) in [4.78, 5) is 0. The minimum atomic E-state index is -0.0574. The van der Waals surface area contributed by atoms with Crippen LogP contribution in [0, 0.1) is 6.92 Å². The normalized spacial score (nSPS) is 16.5. The van der Waals surface area contributed by atoms with Crippen molar-refractivity contribution in [2.75, 3.05) is 0 Å². The molecule has 0 radical (unpaired) electrons. The van der Waals surface area contributed by atoms with E-state index in [1.54, 1.807) is 0 Å². The van der Waals surface area contributed by atoms with Crippen LogP contribution in [0.2, 0.25) is 5.02 Å². The number of benzene rings is 2. The van der Waals surface area contributed by atoms with Crippen LogP contribution in [0.3, 0.4) is 0 Å². The number of fused-ring (bicyclic) bond motifs is 1. The van der Waals surface area contributed by atoms with E-state index < -0.39 is 0 Å². The molecule has 0 fully saturated rings. The molecule has 8 heteroatoms. The van der Waals surface area contributed by atoms with Crippen molar-refractivity contribution in [2.45, 2.75) is 38.6 Å². The molecule has 3 aromatic rings. The maximum Gasteiger partial charge on any atom is 0.211 e. The van der Waals surface area contributed by atoms with Crippen LogP contribution in [0.4, 0.5) is 0 Å². The van der Waals surface area contributed by atoms with Crippen molar-refractivity contribution >= 4 is 35.7 Å². The van der Waals surface area contributed by atoms with Crippen LogP contribution in [-0.2, 0) is 19.4 Å². The van der Waals surface area contributed by atoms with E-state index in [1.807, 2.05) is 24.3 Å². The highest BCUT2D eigenvalue weighted by molar-refractivity contribution is 6.31. The van der Waals surface area contributed by atoms with Gasteiger partial charge in [0.2, 0.25) is 5.96 Å². The van der Waals surface area contributed by atoms with Crippen molar-refractivity contribution in [1.82, 2.24) is 9.78 Å². The smallest absolute Gasteiger partial charge is 0.211 e. The Bertz CT molecular complexity index is 1100. The number of aromatic nitrogens is 2. The molecule has 31 heavy (non-hydrogen) atoms. The Morgan fingerprint density at radius 3 is 2.52 bits per heavy atom. The predicted molar refractivity (Wildman–Crippen MR) is 129 cm³/mol. The number of guanidine groups is 1. The van der Waals surface area contributed by atoms with Gasteiger partial charge in [-0.1, -0.05) is 60.1 Å². The van der Waals surface area contributed by atoms with Gasteiger partial charge in [0.05, 0.1) is 11.4 Å². The lowest BCUT2D eigenvalue weighted by molar-refractivity contribution is 0.582. The molecule has 1 atom stereocenters. The first-order valence-electron chi connectivity index (χ1n) is 10.0. The molecule has 1 unspecified atom stereocenters. The maximum atomic E-state index is 6.48. The van der Waals surface area contributed by atoms with Gasteiger partial charge in [0.25, 0.3) is 0 Å². The highest BCUT2D eigenvalue weighted by atomic mass is 35.5. The summed E-state index contributed by atoms with van der Waals surface area (Å²) in [6.45, 7) is 2.88. The van der Waals surface area contributed by atoms with Gasteiger partial charge in [0.1, 0.15) is 0 Å². The number of aryl methyl sites for hydroxylation is 2. The molecule has 0 saturated carbocycles. The monoisotopic (exact) mass is 456 g/mol. The highest BCUT2D eigenvalue weighted by Crippen LogP contribution is 2.37. The molecule has 0 spiro atoms. The summed E-state index contributed by atoms with van der Waals surface area (Å²) in [5.74, 6) is 0.120. The summed E-state index contributed by atoms with van der Waals surface area (Å²) in [6.07, 6.45) is 2.42. The molecule has 0 amide bonds. The van der Waals surface area contributed by atoms with Gasteiger partial charge in [0.15, 0.2) is 0 Å². The van der Waals surface area contributed by atoms with Crippen molar-refractivity contribution < 1.29 is 0 Å². The van der Waals surface area contributed by atoms with Crippen LogP contribution >= 0.6 is 24.0 Å². The lowest BCUT2D eigenvalue weighted by atomic mass is 9.81. The largest absolute Gasteiger partial charge is 0.369 e. The third-order valence-corrected chi connectivity index (χ3v) is 5.88. The first-order chi connectivity index (χ1) is 14.5. The second kappa shape index (κ2) is 9.98. The number of halogens is 2. The van der Waals surface area contributed by atoms with E-state index in [0.717, 1.165) is 52.6 Å². The molecule has 1 aromatic heterocycles. The molecule has 0 aliphatic heterocycles. The van der Waals surface area contributed by atoms with E-state index in [-0.39, 0.29) is 24.3 Å². The molecule has 4 N–H and O–H groups in total. The fourth-order valence-electron chi connectivity index (χ4n) is 4.10. The summed E-state index contributed by atoms with van der Waals surface area (Å²) in [7, 11) is 0. The minimum absolute atomic E-state index is 0. The van der Waals surface area contributed by atoms with E-state index in [1.165, 1.54) is 5.56 Å². The number of hydrogen-bond acceptors (Lipinski definition) is 3. The molecule has 1 aliphatic rings. The third-order valence-electron chi connectivity index (χ3n) is 5.53. The molecular weight excluding hydrogens is 431 g/mol. The molecule has 1 aliphatic carbocycles. The van der Waals surface area contributed by atoms with Crippen LogP contribution in [0.15, 0.2) is 64.8 Å². The zero-order valence-electron chi connectivity index (χ0n) is 17.3. The van der Waals surface area contributed by atoms with Crippen molar-refractivity contribution in [1.29, 1.82) is 0 Å². The first kappa shape index (κ1) is 22.8. The van der Waals surface area contributed by atoms with E-state index in [4.69, 9.17) is 28.2 Å². The second-order valence-electron chi connectivity index (χ2n) is 7.56. The van der Waals surface area contributed by atoms with Crippen molar-refractivity contribution in [3.8, 4) is 0 Å². The summed E-state index contributed by atoms with van der Waals surface area (Å²) in [5.41, 5.74) is 17.4. The average Bonchev–Trinajstić information content (AvgIpc) is 3.07. The van der Waals surface area contributed by atoms with Crippen LogP contribution in [0.5, 0.6) is 0 Å². The van der Waals surface area contributed by atoms with E-state index in [9.17, 15) is 0 Å². The molecule has 1 heterocycles. The Kier molecular flexibility index (Phi) is 7.36. The van der Waals surface area contributed by atoms with Gasteiger partial charge >= 0.3 is 0 Å². The van der Waals surface area contributed by atoms with Crippen molar-refractivity contribution in [2.24, 2.45) is 21.7 Å². The minimum Gasteiger partial charge on any atom is -0.369 e. The van der Waals surface area contributed by atoms with Gasteiger partial charge in [-0.25, -0.2) is 0 Å². The van der Waals surface area contributed by atoms with Gasteiger partial charge in [-0.15, -0.1) is 17.5 Å². The number of nitrogens with two attached hydrogens (primary N) is 2. The van der Waals surface area contributed by atoms with Gasteiger partial charge in [-0.05, 0) is 49.3 Å². The van der Waals surface area contributed by atoms with E-state index in [0.29, 0.717) is 6.42 Å². The second-order valence-corrected chi connectivity index (χ2v) is 7.97. The van der Waals surface area contributed by atoms with Crippen molar-refractivity contribution in [3.63, 3.8) is 0 Å². The SMILES string of the molecule is Cc1c2c(nn1CCc1ccccc1)CC(c1ccccc1Cl)CC2=NN=C(N)N.Cl. The fraction of sp³-hybridized carbons (Fsp3) is 0.261. The number of nitrogens with zero attached hydrogens (tertiary/aromatic N) is 4. The van der Waals surface area contributed by atoms with Crippen LogP contribution in [0.1, 0.15) is 40.4 Å². The van der Waals surface area contributed by atoms with Gasteiger partial charge < -0.3 is 11.5 Å². The van der Waals surface area contributed by atoms with Crippen molar-refractivity contribution in [3.05, 3.63) is 87.7 Å². The van der Waals surface area contributed by atoms with E-state index >= 15 is 0 Å². The average molecular weight is 457 g/mol. The lowest BCUT2D eigenvalue weighted by Crippen LogP contribution is -2.23. The van der Waals surface area contributed by atoms with Crippen LogP contribution in [-0.4, -0.2) is 21.5 Å². The summed E-state index contributed by atoms with van der Waals surface area (Å²) in [5, 5.41) is 14.0. The Labute approximate surface area is 193 Å². The first-order valence-corrected chi connectivity index (χ1v) is 10.4. The molecule has 4 rings (SSSR count). The number of rotatable bonds is 5. The molecule has 0 bridgehead atoms. The standard InChI is InChI=1S/C23H25ClN6.ClH/c1-15-22-20(27-28-23(25)26)13-17(18-9-5-6-10-19(18)24)14-21(22)29-30(15)12-11-16-7-3-2-4-8-16;/h2-10,17H,11-14H2,1H3,(H4,25,26,28);1H. The molecule has 6 nitrogen and oxygen atoms in total. The Morgan fingerprint density at radius 2 is 1.81 bits per heavy atom. The maximum absolute atomic E-state index is 6.48. The number of hydrogen-bond donors (Lipinski definition) is 2. The topological polar surface area (TPSA) is 94.6 Å². The zero-order valence-corrected chi connectivity index (χ0v) is 18.9. The summed E-state index contributed by atoms with van der Waals surface area (Å²) >= 11 is 6.48. The third kappa shape index (κ3) is 5.09. The highest BCUT2D eigenvalue weighted by Gasteiger charge is 2.31. The predicted octanol–water partition coefficient (Wildman–Crippen LogP) is 4.22. The Balaban J connectivity index is 0.00000272. The lowest BCUT2D eigenvalue weighted by Gasteiger charge is -2.24. The fourth-order valence-corrected chi connectivity index (χ4v) is 4.39. The molecule has 162 valence electrons. The zero-order chi connectivity index (χ0) is 21.1. The van der Waals surface area contributed by atoms with Crippen LogP contribution in [0.25, 0.3) is 0 Å². The van der Waals surface area contributed by atoms with Gasteiger partial charge in [0, 0.05) is 22.8 Å². The summed E-state index contributed by atoms with van der Waals surface area (Å²) in [6, 6.07) is 18.4. The molecule has 0 saturated heterocycles. The summed E-state index contributed by atoms with van der Waals surface area (Å²) < 4.78 is 2.07. The van der Waals surface area contributed by atoms with E-state index in [2.05, 4.69) is 52.1 Å². The Morgan fingerprint density at radius 1 is 1.10 bits per heavy atom.